The highest BCUT2D eigenvalue weighted by atomic mass is 35.5. The molecule has 0 N–H and O–H groups in total. The molecule has 0 aromatic heterocycles. The molecule has 128 valence electrons. The minimum Gasteiger partial charge on any atom is -0.494 e. The van der Waals surface area contributed by atoms with Crippen molar-refractivity contribution in [3.8, 4) is 11.5 Å². The second-order valence-corrected chi connectivity index (χ2v) is 6.24. The van der Waals surface area contributed by atoms with E-state index in [0.717, 1.165) is 12.2 Å². The molecule has 2 rings (SSSR count). The molecule has 0 atom stereocenters. The summed E-state index contributed by atoms with van der Waals surface area (Å²) in [6, 6.07) is 11.6. The standard InChI is InChI=1S/C19H20Cl2O3/c1-2-3-4-5-12-23-15-7-9-16(10-8-15)24-19(22)17-11-6-14(20)13-18(17)21/h6-11,13H,2-5,12H2,1H3. The van der Waals surface area contributed by atoms with E-state index in [9.17, 15) is 4.79 Å². The van der Waals surface area contributed by atoms with Crippen LogP contribution < -0.4 is 9.47 Å². The zero-order valence-electron chi connectivity index (χ0n) is 13.6. The number of benzene rings is 2. The first kappa shape index (κ1) is 18.6. The monoisotopic (exact) mass is 366 g/mol. The van der Waals surface area contributed by atoms with E-state index in [0.29, 0.717) is 17.4 Å². The van der Waals surface area contributed by atoms with Crippen molar-refractivity contribution >= 4 is 29.2 Å². The van der Waals surface area contributed by atoms with Crippen LogP contribution in [0.3, 0.4) is 0 Å². The summed E-state index contributed by atoms with van der Waals surface area (Å²) in [4.78, 5) is 12.1. The van der Waals surface area contributed by atoms with E-state index < -0.39 is 5.97 Å². The smallest absolute Gasteiger partial charge is 0.345 e. The van der Waals surface area contributed by atoms with Gasteiger partial charge in [-0.25, -0.2) is 4.79 Å². The van der Waals surface area contributed by atoms with Crippen LogP contribution in [-0.2, 0) is 0 Å². The first-order valence-electron chi connectivity index (χ1n) is 8.00. The summed E-state index contributed by atoms with van der Waals surface area (Å²) in [5.74, 6) is 0.671. The topological polar surface area (TPSA) is 35.5 Å². The van der Waals surface area contributed by atoms with E-state index in [-0.39, 0.29) is 10.6 Å². The van der Waals surface area contributed by atoms with Crippen LogP contribution in [0, 0.1) is 0 Å². The van der Waals surface area contributed by atoms with Gasteiger partial charge < -0.3 is 9.47 Å². The second-order valence-electron chi connectivity index (χ2n) is 5.39. The van der Waals surface area contributed by atoms with Crippen LogP contribution in [0.25, 0.3) is 0 Å². The molecule has 0 radical (unpaired) electrons. The maximum atomic E-state index is 12.1. The lowest BCUT2D eigenvalue weighted by atomic mass is 10.2. The fraction of sp³-hybridized carbons (Fsp3) is 0.316. The van der Waals surface area contributed by atoms with E-state index in [1.807, 2.05) is 0 Å². The molecule has 2 aromatic carbocycles. The van der Waals surface area contributed by atoms with Crippen LogP contribution in [0.15, 0.2) is 42.5 Å². The molecule has 24 heavy (non-hydrogen) atoms. The molecule has 0 aliphatic carbocycles. The number of rotatable bonds is 8. The quantitative estimate of drug-likeness (QED) is 0.318. The van der Waals surface area contributed by atoms with Crippen molar-refractivity contribution in [1.82, 2.24) is 0 Å². The molecule has 0 spiro atoms. The number of unbranched alkanes of at least 4 members (excludes halogenated alkanes) is 3. The van der Waals surface area contributed by atoms with E-state index >= 15 is 0 Å². The van der Waals surface area contributed by atoms with Gasteiger partial charge in [0, 0.05) is 5.02 Å². The van der Waals surface area contributed by atoms with Gasteiger partial charge in [0.15, 0.2) is 0 Å². The van der Waals surface area contributed by atoms with Crippen molar-refractivity contribution < 1.29 is 14.3 Å². The van der Waals surface area contributed by atoms with E-state index in [1.54, 1.807) is 36.4 Å². The number of halogens is 2. The zero-order chi connectivity index (χ0) is 17.4. The molecule has 0 saturated carbocycles. The molecule has 5 heteroatoms. The lowest BCUT2D eigenvalue weighted by Gasteiger charge is -2.08. The van der Waals surface area contributed by atoms with Crippen LogP contribution in [0.1, 0.15) is 43.0 Å². The molecule has 0 heterocycles. The lowest BCUT2D eigenvalue weighted by Crippen LogP contribution is -2.09. The fourth-order valence-electron chi connectivity index (χ4n) is 2.14. The third-order valence-corrected chi connectivity index (χ3v) is 4.00. The molecule has 0 aliphatic rings. The number of esters is 1. The number of hydrogen-bond donors (Lipinski definition) is 0. The number of ether oxygens (including phenoxy) is 2. The first-order valence-corrected chi connectivity index (χ1v) is 8.76. The summed E-state index contributed by atoms with van der Waals surface area (Å²) < 4.78 is 11.0. The molecule has 0 aliphatic heterocycles. The molecule has 0 bridgehead atoms. The second kappa shape index (κ2) is 9.55. The maximum Gasteiger partial charge on any atom is 0.345 e. The predicted molar refractivity (Wildman–Crippen MR) is 97.5 cm³/mol. The Hall–Kier alpha value is -1.71. The minimum atomic E-state index is -0.523. The van der Waals surface area contributed by atoms with Crippen molar-refractivity contribution in [3.05, 3.63) is 58.1 Å². The molecule has 0 fully saturated rings. The highest BCUT2D eigenvalue weighted by Gasteiger charge is 2.13. The van der Waals surface area contributed by atoms with Crippen LogP contribution in [0.2, 0.25) is 10.0 Å². The average Bonchev–Trinajstić information content (AvgIpc) is 2.56. The molecule has 3 nitrogen and oxygen atoms in total. The van der Waals surface area contributed by atoms with Crippen molar-refractivity contribution in [3.63, 3.8) is 0 Å². The maximum absolute atomic E-state index is 12.1. The largest absolute Gasteiger partial charge is 0.494 e. The molecular formula is C19H20Cl2O3. The van der Waals surface area contributed by atoms with Crippen LogP contribution in [0.5, 0.6) is 11.5 Å². The Morgan fingerprint density at radius 2 is 1.67 bits per heavy atom. The normalized spacial score (nSPS) is 10.5. The molecule has 0 saturated heterocycles. The summed E-state index contributed by atoms with van der Waals surface area (Å²) in [6.45, 7) is 2.87. The Labute approximate surface area is 152 Å². The minimum absolute atomic E-state index is 0.263. The highest BCUT2D eigenvalue weighted by Crippen LogP contribution is 2.24. The van der Waals surface area contributed by atoms with Gasteiger partial charge in [-0.3, -0.25) is 0 Å². The Bertz CT molecular complexity index is 669. The van der Waals surface area contributed by atoms with Crippen LogP contribution >= 0.6 is 23.2 Å². The van der Waals surface area contributed by atoms with Gasteiger partial charge in [0.05, 0.1) is 17.2 Å². The zero-order valence-corrected chi connectivity index (χ0v) is 15.1. The van der Waals surface area contributed by atoms with Crippen molar-refractivity contribution in [2.24, 2.45) is 0 Å². The van der Waals surface area contributed by atoms with Gasteiger partial charge in [0.1, 0.15) is 11.5 Å². The molecular weight excluding hydrogens is 347 g/mol. The summed E-state index contributed by atoms with van der Waals surface area (Å²) in [7, 11) is 0. The van der Waals surface area contributed by atoms with Crippen LogP contribution in [0.4, 0.5) is 0 Å². The Kier molecular flexibility index (Phi) is 7.41. The van der Waals surface area contributed by atoms with Crippen molar-refractivity contribution in [2.75, 3.05) is 6.61 Å². The number of carbonyl (C=O) groups is 1. The number of hydrogen-bond acceptors (Lipinski definition) is 3. The Balaban J connectivity index is 1.88. The first-order chi connectivity index (χ1) is 11.6. The van der Waals surface area contributed by atoms with Gasteiger partial charge in [-0.1, -0.05) is 49.4 Å². The summed E-state index contributed by atoms with van der Waals surface area (Å²) in [5, 5.41) is 0.733. The van der Waals surface area contributed by atoms with E-state index in [1.165, 1.54) is 25.3 Å². The highest BCUT2D eigenvalue weighted by molar-refractivity contribution is 6.36. The average molecular weight is 367 g/mol. The third kappa shape index (κ3) is 5.73. The van der Waals surface area contributed by atoms with E-state index in [2.05, 4.69) is 6.92 Å². The van der Waals surface area contributed by atoms with E-state index in [4.69, 9.17) is 32.7 Å². The van der Waals surface area contributed by atoms with Crippen LogP contribution in [-0.4, -0.2) is 12.6 Å². The van der Waals surface area contributed by atoms with Gasteiger partial charge in [-0.15, -0.1) is 0 Å². The summed E-state index contributed by atoms with van der Waals surface area (Å²) in [5.41, 5.74) is 0.275. The number of carbonyl (C=O) groups excluding carboxylic acids is 1. The van der Waals surface area contributed by atoms with Gasteiger partial charge in [0.25, 0.3) is 0 Å². The van der Waals surface area contributed by atoms with Gasteiger partial charge in [0.2, 0.25) is 0 Å². The Morgan fingerprint density at radius 3 is 2.33 bits per heavy atom. The van der Waals surface area contributed by atoms with Gasteiger partial charge in [-0.2, -0.15) is 0 Å². The molecule has 2 aromatic rings. The predicted octanol–water partition coefficient (Wildman–Crippen LogP) is 6.17. The van der Waals surface area contributed by atoms with Crippen molar-refractivity contribution in [2.45, 2.75) is 32.6 Å². The molecule has 0 amide bonds. The SMILES string of the molecule is CCCCCCOc1ccc(OC(=O)c2ccc(Cl)cc2Cl)cc1. The fourth-order valence-corrected chi connectivity index (χ4v) is 2.63. The van der Waals surface area contributed by atoms with Crippen molar-refractivity contribution in [1.29, 1.82) is 0 Å². The van der Waals surface area contributed by atoms with Gasteiger partial charge >= 0.3 is 5.97 Å². The summed E-state index contributed by atoms with van der Waals surface area (Å²) in [6.07, 6.45) is 4.65. The van der Waals surface area contributed by atoms with Gasteiger partial charge in [-0.05, 0) is 48.9 Å². The molecule has 0 unspecified atom stereocenters. The Morgan fingerprint density at radius 1 is 0.958 bits per heavy atom. The third-order valence-electron chi connectivity index (χ3n) is 3.45. The lowest BCUT2D eigenvalue weighted by molar-refractivity contribution is 0.0735. The summed E-state index contributed by atoms with van der Waals surface area (Å²) >= 11 is 11.8.